The fraction of sp³-hybridized carbons (Fsp3) is 0.0741. The number of pyridine rings is 1. The van der Waals surface area contributed by atoms with Crippen molar-refractivity contribution in [1.29, 1.82) is 0 Å². The Morgan fingerprint density at radius 1 is 0.971 bits per heavy atom. The van der Waals surface area contributed by atoms with Gasteiger partial charge in [-0.1, -0.05) is 24.3 Å². The lowest BCUT2D eigenvalue weighted by Gasteiger charge is -2.08. The van der Waals surface area contributed by atoms with Crippen molar-refractivity contribution in [1.82, 2.24) is 25.0 Å². The molecule has 0 radical (unpaired) electrons. The van der Waals surface area contributed by atoms with E-state index in [0.717, 1.165) is 28.0 Å². The molecule has 0 aliphatic carbocycles. The number of hydrogen-bond donors (Lipinski definition) is 2. The molecule has 0 saturated carbocycles. The third-order valence-electron chi connectivity index (χ3n) is 5.57. The van der Waals surface area contributed by atoms with Crippen molar-refractivity contribution in [2.45, 2.75) is 6.92 Å². The third-order valence-corrected chi connectivity index (χ3v) is 5.57. The van der Waals surface area contributed by atoms with E-state index in [2.05, 4.69) is 25.6 Å². The van der Waals surface area contributed by atoms with E-state index in [1.807, 2.05) is 43.3 Å². The number of benzene rings is 2. The predicted octanol–water partition coefficient (Wildman–Crippen LogP) is 4.65. The first-order valence-corrected chi connectivity index (χ1v) is 11.0. The van der Waals surface area contributed by atoms with Crippen LogP contribution in [0.1, 0.15) is 43.5 Å². The number of nitrogens with one attached hydrogen (secondary N) is 2. The zero-order valence-corrected chi connectivity index (χ0v) is 19.2. The van der Waals surface area contributed by atoms with Crippen LogP contribution in [-0.4, -0.2) is 36.7 Å². The van der Waals surface area contributed by atoms with E-state index in [4.69, 9.17) is 0 Å². The van der Waals surface area contributed by atoms with E-state index < -0.39 is 0 Å². The van der Waals surface area contributed by atoms with Crippen molar-refractivity contribution in [3.05, 3.63) is 107 Å². The van der Waals surface area contributed by atoms with Gasteiger partial charge in [-0.2, -0.15) is 10.2 Å². The minimum Gasteiger partial charge on any atom is -0.321 e. The molecule has 8 heteroatoms. The number of aromatic amines is 1. The molecule has 0 unspecified atom stereocenters. The fourth-order valence-corrected chi connectivity index (χ4v) is 3.87. The van der Waals surface area contributed by atoms with Crippen LogP contribution in [-0.2, 0) is 7.05 Å². The number of aryl methyl sites for hydroxylation is 2. The largest absolute Gasteiger partial charge is 0.321 e. The summed E-state index contributed by atoms with van der Waals surface area (Å²) in [6.07, 6.45) is 5.51. The van der Waals surface area contributed by atoms with Crippen LogP contribution in [0.3, 0.4) is 0 Å². The number of nitrogens with zero attached hydrogens (tertiary/aromatic N) is 4. The van der Waals surface area contributed by atoms with Crippen LogP contribution in [0.4, 0.5) is 5.69 Å². The molecule has 3 aromatic heterocycles. The molecule has 0 spiro atoms. The number of fused-ring (bicyclic) bond motifs is 1. The summed E-state index contributed by atoms with van der Waals surface area (Å²) in [4.78, 5) is 30.1. The highest BCUT2D eigenvalue weighted by molar-refractivity contribution is 6.12. The first-order chi connectivity index (χ1) is 17.0. The van der Waals surface area contributed by atoms with Gasteiger partial charge in [-0.05, 0) is 61.5 Å². The van der Waals surface area contributed by atoms with Crippen LogP contribution in [0.2, 0.25) is 0 Å². The topological polar surface area (TPSA) is 106 Å². The molecule has 0 aliphatic rings. The molecule has 0 aliphatic heterocycles. The Morgan fingerprint density at radius 2 is 1.83 bits per heavy atom. The average molecular weight is 463 g/mol. The van der Waals surface area contributed by atoms with Gasteiger partial charge in [0.2, 0.25) is 0 Å². The van der Waals surface area contributed by atoms with E-state index in [0.29, 0.717) is 22.5 Å². The Kier molecular flexibility index (Phi) is 5.76. The zero-order valence-electron chi connectivity index (χ0n) is 19.2. The van der Waals surface area contributed by atoms with E-state index in [-0.39, 0.29) is 11.7 Å². The minimum atomic E-state index is -0.289. The van der Waals surface area contributed by atoms with Crippen LogP contribution in [0, 0.1) is 6.92 Å². The first kappa shape index (κ1) is 22.0. The number of ketones is 1. The molecular formula is C27H22N6O2. The molecule has 5 aromatic rings. The summed E-state index contributed by atoms with van der Waals surface area (Å²) in [7, 11) is 1.72. The summed E-state index contributed by atoms with van der Waals surface area (Å²) in [5.74, 6) is -0.442. The number of hydrogen-bond acceptors (Lipinski definition) is 5. The standard InChI is InChI=1S/C27H22N6O2/c1-17-14-25(33(2)32-17)27(35)29-21-8-5-6-18(15-21)26(34)19-9-11-22-23(30-31-24(22)16-19)12-10-20-7-3-4-13-28-20/h3-16H,1-2H3,(H,29,35)(H,30,31)/b12-10+. The SMILES string of the molecule is Cc1cc(C(=O)Nc2cccc(C(=O)c3ccc4c(/C=C/c5ccccn5)n[nH]c4c3)c2)n(C)n1. The summed E-state index contributed by atoms with van der Waals surface area (Å²) in [6.45, 7) is 1.83. The van der Waals surface area contributed by atoms with Gasteiger partial charge < -0.3 is 5.32 Å². The lowest BCUT2D eigenvalue weighted by Crippen LogP contribution is -2.16. The van der Waals surface area contributed by atoms with E-state index in [1.54, 1.807) is 55.7 Å². The van der Waals surface area contributed by atoms with Crippen molar-refractivity contribution in [2.24, 2.45) is 7.05 Å². The zero-order chi connectivity index (χ0) is 24.4. The maximum absolute atomic E-state index is 13.2. The average Bonchev–Trinajstić information content (AvgIpc) is 3.44. The molecular weight excluding hydrogens is 440 g/mol. The second kappa shape index (κ2) is 9.18. The van der Waals surface area contributed by atoms with Crippen molar-refractivity contribution in [2.75, 3.05) is 5.32 Å². The Labute approximate surface area is 201 Å². The highest BCUT2D eigenvalue weighted by atomic mass is 16.2. The van der Waals surface area contributed by atoms with Gasteiger partial charge in [0.1, 0.15) is 5.69 Å². The second-order valence-electron chi connectivity index (χ2n) is 8.12. The molecule has 0 saturated heterocycles. The van der Waals surface area contributed by atoms with Crippen LogP contribution in [0.15, 0.2) is 72.9 Å². The number of aromatic nitrogens is 5. The van der Waals surface area contributed by atoms with Crippen LogP contribution in [0.5, 0.6) is 0 Å². The maximum atomic E-state index is 13.2. The smallest absolute Gasteiger partial charge is 0.273 e. The van der Waals surface area contributed by atoms with Crippen LogP contribution < -0.4 is 5.32 Å². The van der Waals surface area contributed by atoms with Crippen LogP contribution in [0.25, 0.3) is 23.1 Å². The molecule has 35 heavy (non-hydrogen) atoms. The molecule has 3 heterocycles. The number of carbonyl (C=O) groups is 2. The van der Waals surface area contributed by atoms with E-state index in [9.17, 15) is 9.59 Å². The van der Waals surface area contributed by atoms with E-state index >= 15 is 0 Å². The Hall–Kier alpha value is -4.85. The van der Waals surface area contributed by atoms with Gasteiger partial charge in [-0.3, -0.25) is 24.4 Å². The van der Waals surface area contributed by atoms with Gasteiger partial charge in [0, 0.05) is 35.4 Å². The van der Waals surface area contributed by atoms with Crippen LogP contribution >= 0.6 is 0 Å². The highest BCUT2D eigenvalue weighted by Crippen LogP contribution is 2.22. The molecule has 1 amide bonds. The molecule has 0 atom stereocenters. The molecule has 0 fully saturated rings. The van der Waals surface area contributed by atoms with Gasteiger partial charge in [-0.15, -0.1) is 0 Å². The van der Waals surface area contributed by atoms with Gasteiger partial charge in [0.25, 0.3) is 5.91 Å². The normalized spacial score (nSPS) is 11.3. The quantitative estimate of drug-likeness (QED) is 0.357. The molecule has 2 aromatic carbocycles. The molecule has 2 N–H and O–H groups in total. The maximum Gasteiger partial charge on any atom is 0.273 e. The summed E-state index contributed by atoms with van der Waals surface area (Å²) in [5.41, 5.74) is 5.07. The summed E-state index contributed by atoms with van der Waals surface area (Å²) >= 11 is 0. The van der Waals surface area contributed by atoms with Gasteiger partial charge in [-0.25, -0.2) is 0 Å². The second-order valence-corrected chi connectivity index (χ2v) is 8.12. The highest BCUT2D eigenvalue weighted by Gasteiger charge is 2.15. The first-order valence-electron chi connectivity index (χ1n) is 11.0. The molecule has 8 nitrogen and oxygen atoms in total. The number of H-pyrrole nitrogens is 1. The summed E-state index contributed by atoms with van der Waals surface area (Å²) in [6, 6.07) is 19.7. The monoisotopic (exact) mass is 462 g/mol. The lowest BCUT2D eigenvalue weighted by molar-refractivity contribution is 0.101. The van der Waals surface area contributed by atoms with Gasteiger partial charge in [0.05, 0.1) is 22.6 Å². The summed E-state index contributed by atoms with van der Waals surface area (Å²) in [5, 5.41) is 15.3. The molecule has 0 bridgehead atoms. The minimum absolute atomic E-state index is 0.153. The van der Waals surface area contributed by atoms with Crippen molar-refractivity contribution >= 4 is 40.4 Å². The number of amides is 1. The fourth-order valence-electron chi connectivity index (χ4n) is 3.87. The van der Waals surface area contributed by atoms with E-state index in [1.165, 1.54) is 4.68 Å². The van der Waals surface area contributed by atoms with Gasteiger partial charge >= 0.3 is 0 Å². The predicted molar refractivity (Wildman–Crippen MR) is 135 cm³/mol. The number of carbonyl (C=O) groups excluding carboxylic acids is 2. The Morgan fingerprint density at radius 3 is 2.60 bits per heavy atom. The van der Waals surface area contributed by atoms with Crippen molar-refractivity contribution < 1.29 is 9.59 Å². The van der Waals surface area contributed by atoms with Crippen molar-refractivity contribution in [3.8, 4) is 0 Å². The van der Waals surface area contributed by atoms with Crippen molar-refractivity contribution in [3.63, 3.8) is 0 Å². The molecule has 5 rings (SSSR count). The number of rotatable bonds is 6. The van der Waals surface area contributed by atoms with Gasteiger partial charge in [0.15, 0.2) is 5.78 Å². The number of anilines is 1. The molecule has 172 valence electrons. The lowest BCUT2D eigenvalue weighted by atomic mass is 10.0. The Bertz CT molecular complexity index is 1580. The third kappa shape index (κ3) is 4.63. The summed E-state index contributed by atoms with van der Waals surface area (Å²) < 4.78 is 1.53. The Balaban J connectivity index is 1.36.